The number of benzene rings is 1. The topological polar surface area (TPSA) is 45.5 Å². The molecule has 0 radical (unpaired) electrons. The average Bonchev–Trinajstić information content (AvgIpc) is 2.94. The predicted octanol–water partition coefficient (Wildman–Crippen LogP) is 3.88. The van der Waals surface area contributed by atoms with Crippen LogP contribution in [0.25, 0.3) is 11.0 Å². The number of para-hydroxylation sites is 1. The van der Waals surface area contributed by atoms with E-state index in [1.807, 2.05) is 37.3 Å². The fourth-order valence-electron chi connectivity index (χ4n) is 3.25. The molecule has 0 bridgehead atoms. The van der Waals surface area contributed by atoms with Crippen LogP contribution in [0.15, 0.2) is 34.7 Å². The normalized spacial score (nSPS) is 18.3. The van der Waals surface area contributed by atoms with Crippen LogP contribution in [0.1, 0.15) is 50.8 Å². The van der Waals surface area contributed by atoms with Gasteiger partial charge in [-0.2, -0.15) is 0 Å². The summed E-state index contributed by atoms with van der Waals surface area (Å²) in [5.74, 6) is 0.894. The first-order valence-corrected chi connectivity index (χ1v) is 8.72. The number of carbonyl (C=O) groups excluding carboxylic acids is 1. The number of fused-ring (bicyclic) bond motifs is 1. The van der Waals surface area contributed by atoms with Gasteiger partial charge in [-0.3, -0.25) is 9.69 Å². The van der Waals surface area contributed by atoms with Gasteiger partial charge in [0.2, 0.25) is 5.91 Å². The molecule has 124 valence electrons. The monoisotopic (exact) mass is 314 g/mol. The van der Waals surface area contributed by atoms with Gasteiger partial charge in [0.15, 0.2) is 0 Å². The van der Waals surface area contributed by atoms with Crippen LogP contribution in [0.5, 0.6) is 0 Å². The van der Waals surface area contributed by atoms with Gasteiger partial charge in [-0.25, -0.2) is 0 Å². The summed E-state index contributed by atoms with van der Waals surface area (Å²) in [4.78, 5) is 14.6. The maximum atomic E-state index is 12.3. The molecule has 0 spiro atoms. The van der Waals surface area contributed by atoms with Crippen LogP contribution in [-0.4, -0.2) is 30.4 Å². The molecule has 0 unspecified atom stereocenters. The largest absolute Gasteiger partial charge is 0.459 e. The highest BCUT2D eigenvalue weighted by atomic mass is 16.3. The Morgan fingerprint density at radius 3 is 2.61 bits per heavy atom. The molecular weight excluding hydrogens is 288 g/mol. The van der Waals surface area contributed by atoms with E-state index in [2.05, 4.69) is 10.2 Å². The average molecular weight is 314 g/mol. The van der Waals surface area contributed by atoms with Crippen molar-refractivity contribution in [1.29, 1.82) is 0 Å². The second-order valence-corrected chi connectivity index (χ2v) is 6.52. The molecule has 4 heteroatoms. The van der Waals surface area contributed by atoms with Crippen LogP contribution in [0.4, 0.5) is 0 Å². The molecule has 23 heavy (non-hydrogen) atoms. The minimum atomic E-state index is -0.107. The van der Waals surface area contributed by atoms with Gasteiger partial charge in [0.25, 0.3) is 0 Å². The fraction of sp³-hybridized carbons (Fsp3) is 0.526. The lowest BCUT2D eigenvalue weighted by atomic mass is 10.1. The van der Waals surface area contributed by atoms with Gasteiger partial charge >= 0.3 is 0 Å². The first-order valence-electron chi connectivity index (χ1n) is 8.72. The zero-order chi connectivity index (χ0) is 16.1. The zero-order valence-electron chi connectivity index (χ0n) is 13.9. The van der Waals surface area contributed by atoms with Crippen molar-refractivity contribution in [1.82, 2.24) is 10.2 Å². The molecular formula is C19H26N2O2. The SMILES string of the molecule is C[C@@H](NC(=O)CN1CCCCCCC1)c1cc2ccccc2o1. The summed E-state index contributed by atoms with van der Waals surface area (Å²) in [7, 11) is 0. The van der Waals surface area contributed by atoms with Gasteiger partial charge in [-0.1, -0.05) is 37.5 Å². The first-order chi connectivity index (χ1) is 11.2. The van der Waals surface area contributed by atoms with Gasteiger partial charge in [-0.15, -0.1) is 0 Å². The molecule has 4 nitrogen and oxygen atoms in total. The number of nitrogens with zero attached hydrogens (tertiary/aromatic N) is 1. The molecule has 2 heterocycles. The van der Waals surface area contributed by atoms with Crippen molar-refractivity contribution in [3.63, 3.8) is 0 Å². The Hall–Kier alpha value is -1.81. The van der Waals surface area contributed by atoms with E-state index in [-0.39, 0.29) is 11.9 Å². The van der Waals surface area contributed by atoms with E-state index in [0.717, 1.165) is 29.8 Å². The Morgan fingerprint density at radius 1 is 1.17 bits per heavy atom. The van der Waals surface area contributed by atoms with Crippen molar-refractivity contribution >= 4 is 16.9 Å². The van der Waals surface area contributed by atoms with Gasteiger partial charge in [0.1, 0.15) is 11.3 Å². The molecule has 1 aliphatic heterocycles. The maximum absolute atomic E-state index is 12.3. The summed E-state index contributed by atoms with van der Waals surface area (Å²) in [6.45, 7) is 4.53. The summed E-state index contributed by atoms with van der Waals surface area (Å²) in [6, 6.07) is 9.83. The standard InChI is InChI=1S/C19H26N2O2/c1-15(18-13-16-9-5-6-10-17(16)23-18)20-19(22)14-21-11-7-3-2-4-8-12-21/h5-6,9-10,13,15H,2-4,7-8,11-12,14H2,1H3,(H,20,22)/t15-/m1/s1. The third-order valence-electron chi connectivity index (χ3n) is 4.56. The summed E-state index contributed by atoms with van der Waals surface area (Å²) < 4.78 is 5.83. The Labute approximate surface area is 137 Å². The molecule has 1 amide bonds. The number of hydrogen-bond acceptors (Lipinski definition) is 3. The Balaban J connectivity index is 1.55. The molecule has 1 aromatic heterocycles. The minimum absolute atomic E-state index is 0.0820. The fourth-order valence-corrected chi connectivity index (χ4v) is 3.25. The van der Waals surface area contributed by atoms with E-state index >= 15 is 0 Å². The van der Waals surface area contributed by atoms with Gasteiger partial charge in [0, 0.05) is 5.39 Å². The number of hydrogen-bond donors (Lipinski definition) is 1. The van der Waals surface area contributed by atoms with Gasteiger partial charge in [-0.05, 0) is 45.0 Å². The number of nitrogens with one attached hydrogen (secondary N) is 1. The third-order valence-corrected chi connectivity index (χ3v) is 4.56. The van der Waals surface area contributed by atoms with Crippen molar-refractivity contribution in [3.05, 3.63) is 36.1 Å². The molecule has 2 aromatic rings. The lowest BCUT2D eigenvalue weighted by Crippen LogP contribution is -2.39. The van der Waals surface area contributed by atoms with Crippen molar-refractivity contribution in [2.75, 3.05) is 19.6 Å². The highest BCUT2D eigenvalue weighted by Crippen LogP contribution is 2.23. The van der Waals surface area contributed by atoms with E-state index in [1.165, 1.54) is 32.1 Å². The molecule has 0 saturated carbocycles. The highest BCUT2D eigenvalue weighted by molar-refractivity contribution is 5.80. The number of carbonyl (C=O) groups is 1. The quantitative estimate of drug-likeness (QED) is 0.931. The Bertz CT molecular complexity index is 609. The number of furan rings is 1. The molecule has 1 atom stereocenters. The smallest absolute Gasteiger partial charge is 0.234 e. The van der Waals surface area contributed by atoms with E-state index in [1.54, 1.807) is 0 Å². The van der Waals surface area contributed by atoms with Gasteiger partial charge in [0.05, 0.1) is 12.6 Å². The summed E-state index contributed by atoms with van der Waals surface area (Å²) in [5, 5.41) is 4.14. The number of amides is 1. The Morgan fingerprint density at radius 2 is 1.87 bits per heavy atom. The molecule has 1 saturated heterocycles. The zero-order valence-corrected chi connectivity index (χ0v) is 13.9. The predicted molar refractivity (Wildman–Crippen MR) is 92.3 cm³/mol. The van der Waals surface area contributed by atoms with Crippen molar-refractivity contribution in [3.8, 4) is 0 Å². The van der Waals surface area contributed by atoms with Crippen LogP contribution in [-0.2, 0) is 4.79 Å². The van der Waals surface area contributed by atoms with Crippen LogP contribution < -0.4 is 5.32 Å². The first kappa shape index (κ1) is 16.1. The molecule has 1 N–H and O–H groups in total. The lowest BCUT2D eigenvalue weighted by Gasteiger charge is -2.24. The maximum Gasteiger partial charge on any atom is 0.234 e. The van der Waals surface area contributed by atoms with Crippen molar-refractivity contribution in [2.45, 2.75) is 45.1 Å². The number of likely N-dealkylation sites (tertiary alicyclic amines) is 1. The molecule has 1 aliphatic rings. The van der Waals surface area contributed by atoms with E-state index < -0.39 is 0 Å². The highest BCUT2D eigenvalue weighted by Gasteiger charge is 2.17. The molecule has 1 fully saturated rings. The second kappa shape index (κ2) is 7.64. The van der Waals surface area contributed by atoms with E-state index in [9.17, 15) is 4.79 Å². The number of rotatable bonds is 4. The van der Waals surface area contributed by atoms with Gasteiger partial charge < -0.3 is 9.73 Å². The molecule has 1 aromatic carbocycles. The van der Waals surface area contributed by atoms with E-state index in [0.29, 0.717) is 6.54 Å². The van der Waals surface area contributed by atoms with Crippen LogP contribution in [0.2, 0.25) is 0 Å². The second-order valence-electron chi connectivity index (χ2n) is 6.52. The van der Waals surface area contributed by atoms with Crippen LogP contribution in [0, 0.1) is 0 Å². The van der Waals surface area contributed by atoms with Crippen LogP contribution in [0.3, 0.4) is 0 Å². The Kier molecular flexibility index (Phi) is 5.34. The molecule has 3 rings (SSSR count). The minimum Gasteiger partial charge on any atom is -0.459 e. The molecule has 0 aliphatic carbocycles. The van der Waals surface area contributed by atoms with Crippen LogP contribution >= 0.6 is 0 Å². The summed E-state index contributed by atoms with van der Waals surface area (Å²) in [5.41, 5.74) is 0.868. The third kappa shape index (κ3) is 4.35. The summed E-state index contributed by atoms with van der Waals surface area (Å²) >= 11 is 0. The summed E-state index contributed by atoms with van der Waals surface area (Å²) in [6.07, 6.45) is 6.31. The lowest BCUT2D eigenvalue weighted by molar-refractivity contribution is -0.123. The van der Waals surface area contributed by atoms with E-state index in [4.69, 9.17) is 4.42 Å². The van der Waals surface area contributed by atoms with Crippen molar-refractivity contribution < 1.29 is 9.21 Å². The van der Waals surface area contributed by atoms with Crippen molar-refractivity contribution in [2.24, 2.45) is 0 Å².